The fraction of sp³-hybridized carbons (Fsp3) is 0.500. The van der Waals surface area contributed by atoms with E-state index < -0.39 is 0 Å². The smallest absolute Gasteiger partial charge is 0.223 e. The Bertz CT molecular complexity index is 712. The third-order valence-electron chi connectivity index (χ3n) is 4.33. The monoisotopic (exact) mass is 495 g/mol. The molecule has 24 heavy (non-hydrogen) atoms. The number of hydrogen-bond donors (Lipinski definition) is 0. The molecule has 0 N–H and O–H groups in total. The summed E-state index contributed by atoms with van der Waals surface area (Å²) < 4.78 is 2.25. The van der Waals surface area contributed by atoms with Crippen LogP contribution in [-0.4, -0.2) is 33.3 Å². The molecule has 1 aliphatic heterocycles. The Morgan fingerprint density at radius 2 is 2.29 bits per heavy atom. The Labute approximate surface area is 167 Å². The Balaban J connectivity index is 0.00000208. The van der Waals surface area contributed by atoms with Crippen LogP contribution in [0.25, 0.3) is 11.0 Å². The molecule has 0 radical (unpaired) electrons. The first-order chi connectivity index (χ1) is 11.1. The fourth-order valence-corrected chi connectivity index (χ4v) is 6.29. The highest BCUT2D eigenvalue weighted by atomic mass is 127. The number of likely N-dealkylation sites (tertiary alicyclic amines) is 1. The summed E-state index contributed by atoms with van der Waals surface area (Å²) in [6.07, 6.45) is 7.07. The number of amides is 1. The number of hydrogen-bond acceptors (Lipinski definition) is 3. The Morgan fingerprint density at radius 1 is 1.50 bits per heavy atom. The summed E-state index contributed by atoms with van der Waals surface area (Å²) in [5.74, 6) is 0.828. The van der Waals surface area contributed by atoms with E-state index in [1.54, 1.807) is 0 Å². The van der Waals surface area contributed by atoms with Gasteiger partial charge in [-0.05, 0) is 45.3 Å². The van der Waals surface area contributed by atoms with E-state index in [4.69, 9.17) is 0 Å². The number of halogens is 1. The van der Waals surface area contributed by atoms with Crippen LogP contribution in [0.15, 0.2) is 24.5 Å². The molecule has 0 bridgehead atoms. The van der Waals surface area contributed by atoms with Gasteiger partial charge in [0.25, 0.3) is 0 Å². The van der Waals surface area contributed by atoms with E-state index in [9.17, 15) is 4.79 Å². The number of aromatic nitrogens is 2. The Kier molecular flexibility index (Phi) is 7.71. The van der Waals surface area contributed by atoms with Gasteiger partial charge in [-0.25, -0.2) is 4.98 Å². The maximum atomic E-state index is 12.2. The fourth-order valence-electron chi connectivity index (χ4n) is 3.23. The number of carbonyl (C=O) groups excluding carboxylic acids is 1. The van der Waals surface area contributed by atoms with E-state index in [-0.39, 0.29) is 20.8 Å². The minimum Gasteiger partial charge on any atom is -0.338 e. The van der Waals surface area contributed by atoms with E-state index in [2.05, 4.69) is 62.4 Å². The number of pyridine rings is 1. The average molecular weight is 495 g/mol. The zero-order valence-corrected chi connectivity index (χ0v) is 18.8. The molecule has 2 aromatic rings. The largest absolute Gasteiger partial charge is 0.338 e. The normalized spacial score (nSPS) is 18.9. The van der Waals surface area contributed by atoms with Crippen molar-refractivity contribution in [1.82, 2.24) is 14.2 Å². The van der Waals surface area contributed by atoms with Gasteiger partial charge in [-0.15, -0.1) is 0 Å². The van der Waals surface area contributed by atoms with E-state index in [1.165, 1.54) is 5.39 Å². The molecule has 1 aliphatic rings. The molecule has 0 aromatic carbocycles. The number of fused-ring (bicyclic) bond motifs is 1. The van der Waals surface area contributed by atoms with Gasteiger partial charge in [0.15, 0.2) is 0 Å². The zero-order valence-electron chi connectivity index (χ0n) is 13.9. The molecule has 0 aliphatic carbocycles. The number of carbonyl (C=O) groups is 1. The maximum absolute atomic E-state index is 12.2. The number of rotatable bonds is 6. The summed E-state index contributed by atoms with van der Waals surface area (Å²) in [5.41, 5.74) is 2.17. The zero-order chi connectivity index (χ0) is 16.4. The maximum Gasteiger partial charge on any atom is 0.223 e. The lowest BCUT2D eigenvalue weighted by atomic mass is 10.0. The highest BCUT2D eigenvalue weighted by Crippen LogP contribution is 2.53. The van der Waals surface area contributed by atoms with Gasteiger partial charge in [0.1, 0.15) is 5.65 Å². The SMILES string of the molecule is CCCC1CC(=O)N(Cc2cnc3c(ccn3P(C)SI)c2)C1.S. The van der Waals surface area contributed by atoms with Gasteiger partial charge in [0.2, 0.25) is 5.91 Å². The van der Waals surface area contributed by atoms with Gasteiger partial charge < -0.3 is 9.24 Å². The van der Waals surface area contributed by atoms with Crippen LogP contribution in [0.5, 0.6) is 0 Å². The molecule has 2 aromatic heterocycles. The molecule has 4 nitrogen and oxygen atoms in total. The van der Waals surface area contributed by atoms with Crippen molar-refractivity contribution in [2.75, 3.05) is 13.2 Å². The molecule has 132 valence electrons. The lowest BCUT2D eigenvalue weighted by molar-refractivity contribution is -0.128. The minimum atomic E-state index is -0.283. The third kappa shape index (κ3) is 4.40. The summed E-state index contributed by atoms with van der Waals surface area (Å²) in [7, 11) is 1.55. The summed E-state index contributed by atoms with van der Waals surface area (Å²) >= 11 is 2.35. The van der Waals surface area contributed by atoms with Crippen molar-refractivity contribution in [1.29, 1.82) is 0 Å². The highest BCUT2D eigenvalue weighted by Gasteiger charge is 2.28. The van der Waals surface area contributed by atoms with Crippen LogP contribution in [-0.2, 0) is 11.3 Å². The summed E-state index contributed by atoms with van der Waals surface area (Å²) in [6, 6.07) is 4.31. The first-order valence-corrected chi connectivity index (χ1v) is 13.6. The molecule has 1 amide bonds. The topological polar surface area (TPSA) is 38.1 Å². The molecule has 1 fully saturated rings. The van der Waals surface area contributed by atoms with Crippen molar-refractivity contribution in [3.05, 3.63) is 30.1 Å². The average Bonchev–Trinajstić information content (AvgIpc) is 3.10. The highest BCUT2D eigenvalue weighted by molar-refractivity contribution is 14.2. The second-order valence-electron chi connectivity index (χ2n) is 6.08. The van der Waals surface area contributed by atoms with Crippen LogP contribution in [0, 0.1) is 5.92 Å². The first kappa shape index (κ1) is 20.3. The molecular weight excluding hydrogens is 472 g/mol. The van der Waals surface area contributed by atoms with Gasteiger partial charge in [-0.2, -0.15) is 13.5 Å². The quantitative estimate of drug-likeness (QED) is 0.410. The molecule has 2 unspecified atom stereocenters. The Hall–Kier alpha value is 0.0200. The van der Waals surface area contributed by atoms with Crippen LogP contribution < -0.4 is 0 Å². The minimum absolute atomic E-state index is 0. The summed E-state index contributed by atoms with van der Waals surface area (Å²) in [6.45, 7) is 6.01. The molecule has 8 heteroatoms. The summed E-state index contributed by atoms with van der Waals surface area (Å²) in [4.78, 5) is 18.8. The Morgan fingerprint density at radius 3 is 3.00 bits per heavy atom. The van der Waals surface area contributed by atoms with Crippen molar-refractivity contribution < 1.29 is 4.79 Å². The van der Waals surface area contributed by atoms with Gasteiger partial charge in [0.05, 0.1) is 7.27 Å². The van der Waals surface area contributed by atoms with Crippen LogP contribution in [0.3, 0.4) is 0 Å². The number of nitrogens with zero attached hydrogens (tertiary/aromatic N) is 3. The van der Waals surface area contributed by atoms with Crippen LogP contribution >= 0.6 is 50.5 Å². The molecular formula is C16H23IN3OPS2. The van der Waals surface area contributed by atoms with E-state index in [0.29, 0.717) is 24.8 Å². The van der Waals surface area contributed by atoms with Gasteiger partial charge in [-0.1, -0.05) is 13.3 Å². The molecule has 1 saturated heterocycles. The van der Waals surface area contributed by atoms with Crippen LogP contribution in [0.4, 0.5) is 0 Å². The predicted molar refractivity (Wildman–Crippen MR) is 118 cm³/mol. The molecule has 0 saturated carbocycles. The standard InChI is InChI=1S/C16H21IN3OPS.H2S/c1-3-4-12-8-15(21)19(10-12)11-13-7-14-5-6-20(22(2)23-17)16(14)18-9-13;/h5-7,9,12H,3-4,8,10-11H2,1-2H3;1H2. The van der Waals surface area contributed by atoms with Crippen molar-refractivity contribution >= 4 is 67.5 Å². The van der Waals surface area contributed by atoms with Crippen LogP contribution in [0.1, 0.15) is 31.7 Å². The second-order valence-corrected chi connectivity index (χ2v) is 13.1. The lowest BCUT2D eigenvalue weighted by Gasteiger charge is -2.17. The predicted octanol–water partition coefficient (Wildman–Crippen LogP) is 5.17. The van der Waals surface area contributed by atoms with Gasteiger partial charge >= 0.3 is 0 Å². The van der Waals surface area contributed by atoms with Gasteiger partial charge in [0, 0.05) is 58.5 Å². The van der Waals surface area contributed by atoms with Crippen molar-refractivity contribution in [2.45, 2.75) is 32.7 Å². The van der Waals surface area contributed by atoms with Crippen molar-refractivity contribution in [3.63, 3.8) is 0 Å². The molecule has 3 heterocycles. The lowest BCUT2D eigenvalue weighted by Crippen LogP contribution is -2.24. The molecule has 0 spiro atoms. The first-order valence-electron chi connectivity index (χ1n) is 7.88. The van der Waals surface area contributed by atoms with E-state index in [1.807, 2.05) is 19.6 Å². The van der Waals surface area contributed by atoms with E-state index in [0.717, 1.165) is 30.6 Å². The summed E-state index contributed by atoms with van der Waals surface area (Å²) in [5, 5.41) is 1.17. The molecule has 2 atom stereocenters. The van der Waals surface area contributed by atoms with Crippen LogP contribution in [0.2, 0.25) is 0 Å². The second kappa shape index (κ2) is 9.10. The van der Waals surface area contributed by atoms with Gasteiger partial charge in [-0.3, -0.25) is 4.79 Å². The van der Waals surface area contributed by atoms with Crippen molar-refractivity contribution in [2.24, 2.45) is 5.92 Å². The molecule has 3 rings (SSSR count). The van der Waals surface area contributed by atoms with E-state index >= 15 is 0 Å². The van der Waals surface area contributed by atoms with Crippen molar-refractivity contribution in [3.8, 4) is 0 Å². The third-order valence-corrected chi connectivity index (χ3v) is 11.7.